The Morgan fingerprint density at radius 2 is 1.26 bits per heavy atom. The van der Waals surface area contributed by atoms with E-state index in [0.717, 1.165) is 13.0 Å². The Balaban J connectivity index is 2.93. The van der Waals surface area contributed by atoms with Gasteiger partial charge in [0.2, 0.25) is 5.91 Å². The molecule has 1 amide bonds. The van der Waals surface area contributed by atoms with Crippen molar-refractivity contribution in [2.75, 3.05) is 52.9 Å². The number of hydrogen-bond donors (Lipinski definition) is 1. The van der Waals surface area contributed by atoms with Gasteiger partial charge in [-0.15, -0.1) is 0 Å². The van der Waals surface area contributed by atoms with Gasteiger partial charge in [-0.2, -0.15) is 0 Å². The number of carbonyl (C=O) groups excluding carboxylic acids is 1. The molecule has 6 nitrogen and oxygen atoms in total. The number of unbranched alkanes of at least 4 members (excludes halogenated alkanes) is 2. The SMILES string of the molecule is CCCCCOCCOCCOCCOCC(N)=O. The van der Waals surface area contributed by atoms with Gasteiger partial charge in [0.1, 0.15) is 6.61 Å². The van der Waals surface area contributed by atoms with Crippen LogP contribution in [-0.4, -0.2) is 58.8 Å². The van der Waals surface area contributed by atoms with Crippen LogP contribution in [0.5, 0.6) is 0 Å². The molecule has 0 aromatic carbocycles. The highest BCUT2D eigenvalue weighted by molar-refractivity contribution is 5.74. The molecule has 2 N–H and O–H groups in total. The first kappa shape index (κ1) is 18.3. The van der Waals surface area contributed by atoms with E-state index in [9.17, 15) is 4.79 Å². The summed E-state index contributed by atoms with van der Waals surface area (Å²) in [4.78, 5) is 10.3. The number of ether oxygens (including phenoxy) is 4. The molecule has 0 aliphatic carbocycles. The molecule has 0 atom stereocenters. The molecule has 0 bridgehead atoms. The Morgan fingerprint density at radius 1 is 0.789 bits per heavy atom. The predicted octanol–water partition coefficient (Wildman–Crippen LogP) is 0.728. The van der Waals surface area contributed by atoms with Crippen LogP contribution in [0.1, 0.15) is 26.2 Å². The summed E-state index contributed by atoms with van der Waals surface area (Å²) in [7, 11) is 0. The second kappa shape index (κ2) is 15.4. The third kappa shape index (κ3) is 17.3. The quantitative estimate of drug-likeness (QED) is 0.446. The molecule has 0 unspecified atom stereocenters. The number of primary amides is 1. The van der Waals surface area contributed by atoms with Crippen LogP contribution < -0.4 is 5.73 Å². The van der Waals surface area contributed by atoms with Gasteiger partial charge in [0.25, 0.3) is 0 Å². The molecular weight excluding hydrogens is 250 g/mol. The van der Waals surface area contributed by atoms with Gasteiger partial charge >= 0.3 is 0 Å². The summed E-state index contributed by atoms with van der Waals surface area (Å²) < 4.78 is 20.9. The van der Waals surface area contributed by atoms with Gasteiger partial charge in [0, 0.05) is 6.61 Å². The largest absolute Gasteiger partial charge is 0.379 e. The van der Waals surface area contributed by atoms with Gasteiger partial charge in [-0.3, -0.25) is 4.79 Å². The molecule has 0 aromatic rings. The molecule has 0 saturated carbocycles. The predicted molar refractivity (Wildman–Crippen MR) is 72.0 cm³/mol. The third-order valence-electron chi connectivity index (χ3n) is 2.25. The average molecular weight is 277 g/mol. The molecule has 19 heavy (non-hydrogen) atoms. The van der Waals surface area contributed by atoms with Crippen LogP contribution in [0.3, 0.4) is 0 Å². The van der Waals surface area contributed by atoms with Crippen molar-refractivity contribution in [2.45, 2.75) is 26.2 Å². The second-order valence-electron chi connectivity index (χ2n) is 4.06. The monoisotopic (exact) mass is 277 g/mol. The van der Waals surface area contributed by atoms with Gasteiger partial charge in [0.15, 0.2) is 0 Å². The van der Waals surface area contributed by atoms with E-state index in [4.69, 9.17) is 24.7 Å². The van der Waals surface area contributed by atoms with Crippen molar-refractivity contribution in [1.82, 2.24) is 0 Å². The van der Waals surface area contributed by atoms with E-state index in [1.54, 1.807) is 0 Å². The highest BCUT2D eigenvalue weighted by Gasteiger charge is 1.94. The Hall–Kier alpha value is -0.690. The van der Waals surface area contributed by atoms with E-state index in [0.29, 0.717) is 39.6 Å². The zero-order chi connectivity index (χ0) is 14.2. The van der Waals surface area contributed by atoms with E-state index in [-0.39, 0.29) is 6.61 Å². The fraction of sp³-hybridized carbons (Fsp3) is 0.923. The minimum atomic E-state index is -0.470. The highest BCUT2D eigenvalue weighted by atomic mass is 16.6. The Kier molecular flexibility index (Phi) is 14.8. The highest BCUT2D eigenvalue weighted by Crippen LogP contribution is 1.93. The molecule has 6 heteroatoms. The maximum Gasteiger partial charge on any atom is 0.243 e. The van der Waals surface area contributed by atoms with Crippen molar-refractivity contribution in [3.63, 3.8) is 0 Å². The summed E-state index contributed by atoms with van der Waals surface area (Å²) in [6.45, 7) is 5.98. The number of rotatable bonds is 15. The summed E-state index contributed by atoms with van der Waals surface area (Å²) >= 11 is 0. The molecule has 0 spiro atoms. The van der Waals surface area contributed by atoms with Crippen molar-refractivity contribution in [3.05, 3.63) is 0 Å². The van der Waals surface area contributed by atoms with E-state index >= 15 is 0 Å². The fourth-order valence-corrected chi connectivity index (χ4v) is 1.29. The van der Waals surface area contributed by atoms with E-state index in [2.05, 4.69) is 6.92 Å². The standard InChI is InChI=1S/C13H27NO5/c1-2-3-4-5-16-6-7-17-8-9-18-10-11-19-12-13(14)15/h2-12H2,1H3,(H2,14,15). The van der Waals surface area contributed by atoms with Gasteiger partial charge in [-0.05, 0) is 6.42 Å². The maximum atomic E-state index is 10.3. The van der Waals surface area contributed by atoms with E-state index < -0.39 is 5.91 Å². The normalized spacial score (nSPS) is 10.8. The van der Waals surface area contributed by atoms with Crippen LogP contribution in [-0.2, 0) is 23.7 Å². The molecule has 0 saturated heterocycles. The molecule has 0 aliphatic rings. The average Bonchev–Trinajstić information content (AvgIpc) is 2.39. The van der Waals surface area contributed by atoms with Crippen LogP contribution in [0.15, 0.2) is 0 Å². The topological polar surface area (TPSA) is 80.0 Å². The van der Waals surface area contributed by atoms with Crippen LogP contribution in [0.4, 0.5) is 0 Å². The van der Waals surface area contributed by atoms with Crippen molar-refractivity contribution >= 4 is 5.91 Å². The van der Waals surface area contributed by atoms with Crippen LogP contribution in [0.2, 0.25) is 0 Å². The molecule has 0 radical (unpaired) electrons. The fourth-order valence-electron chi connectivity index (χ4n) is 1.29. The number of carbonyl (C=O) groups is 1. The molecule has 0 fully saturated rings. The van der Waals surface area contributed by atoms with Gasteiger partial charge in [0.05, 0.1) is 39.6 Å². The lowest BCUT2D eigenvalue weighted by Gasteiger charge is -2.06. The first-order chi connectivity index (χ1) is 9.27. The maximum absolute atomic E-state index is 10.3. The summed E-state index contributed by atoms with van der Waals surface area (Å²) in [6, 6.07) is 0. The summed E-state index contributed by atoms with van der Waals surface area (Å²) in [6.07, 6.45) is 3.54. The van der Waals surface area contributed by atoms with E-state index in [1.807, 2.05) is 0 Å². The van der Waals surface area contributed by atoms with E-state index in [1.165, 1.54) is 12.8 Å². The van der Waals surface area contributed by atoms with Crippen molar-refractivity contribution in [3.8, 4) is 0 Å². The van der Waals surface area contributed by atoms with Crippen LogP contribution >= 0.6 is 0 Å². The minimum Gasteiger partial charge on any atom is -0.379 e. The van der Waals surface area contributed by atoms with Crippen molar-refractivity contribution in [2.24, 2.45) is 5.73 Å². The van der Waals surface area contributed by atoms with Gasteiger partial charge in [-0.25, -0.2) is 0 Å². The van der Waals surface area contributed by atoms with Crippen molar-refractivity contribution in [1.29, 1.82) is 0 Å². The zero-order valence-corrected chi connectivity index (χ0v) is 11.9. The second-order valence-corrected chi connectivity index (χ2v) is 4.06. The number of hydrogen-bond acceptors (Lipinski definition) is 5. The summed E-state index contributed by atoms with van der Waals surface area (Å²) in [5.41, 5.74) is 4.90. The first-order valence-corrected chi connectivity index (χ1v) is 6.86. The zero-order valence-electron chi connectivity index (χ0n) is 11.9. The lowest BCUT2D eigenvalue weighted by Crippen LogP contribution is -2.20. The number of nitrogens with two attached hydrogens (primary N) is 1. The first-order valence-electron chi connectivity index (χ1n) is 6.86. The molecule has 0 aromatic heterocycles. The molecule has 0 heterocycles. The Bertz CT molecular complexity index is 201. The third-order valence-corrected chi connectivity index (χ3v) is 2.25. The molecular formula is C13H27NO5. The van der Waals surface area contributed by atoms with Crippen LogP contribution in [0, 0.1) is 0 Å². The number of amides is 1. The Labute approximate surface area is 115 Å². The van der Waals surface area contributed by atoms with Crippen LogP contribution in [0.25, 0.3) is 0 Å². The lowest BCUT2D eigenvalue weighted by atomic mass is 10.3. The smallest absolute Gasteiger partial charge is 0.243 e. The van der Waals surface area contributed by atoms with Gasteiger partial charge in [-0.1, -0.05) is 19.8 Å². The molecule has 0 rings (SSSR count). The summed E-state index contributed by atoms with van der Waals surface area (Å²) in [5.74, 6) is -0.470. The lowest BCUT2D eigenvalue weighted by molar-refractivity contribution is -0.123. The molecule has 114 valence electrons. The Morgan fingerprint density at radius 3 is 1.74 bits per heavy atom. The molecule has 0 aliphatic heterocycles. The van der Waals surface area contributed by atoms with Gasteiger partial charge < -0.3 is 24.7 Å². The minimum absolute atomic E-state index is 0.0603. The van der Waals surface area contributed by atoms with Crippen molar-refractivity contribution < 1.29 is 23.7 Å². The summed E-state index contributed by atoms with van der Waals surface area (Å²) in [5, 5.41) is 0.